The summed E-state index contributed by atoms with van der Waals surface area (Å²) in [4.78, 5) is 22.6. The highest BCUT2D eigenvalue weighted by Gasteiger charge is 2.07. The minimum absolute atomic E-state index is 0.0195. The third-order valence-electron chi connectivity index (χ3n) is 2.26. The fourth-order valence-corrected chi connectivity index (χ4v) is 1.73. The van der Waals surface area contributed by atoms with Crippen LogP contribution in [0.15, 0.2) is 24.3 Å². The summed E-state index contributed by atoms with van der Waals surface area (Å²) in [6.07, 6.45) is 0.0431. The molecule has 0 aliphatic carbocycles. The Kier molecular flexibility index (Phi) is 7.49. The van der Waals surface area contributed by atoms with Gasteiger partial charge in [0.15, 0.2) is 5.11 Å². The zero-order chi connectivity index (χ0) is 15.7. The lowest BCUT2D eigenvalue weighted by molar-refractivity contribution is -0.144. The van der Waals surface area contributed by atoms with Gasteiger partial charge in [0.05, 0.1) is 13.0 Å². The lowest BCUT2D eigenvalue weighted by Crippen LogP contribution is -2.43. The molecule has 1 amide bonds. The molecule has 0 fully saturated rings. The molecule has 114 valence electrons. The number of anilines is 1. The maximum atomic E-state index is 11.5. The molecule has 1 rings (SSSR count). The largest absolute Gasteiger partial charge is 0.466 e. The summed E-state index contributed by atoms with van der Waals surface area (Å²) in [5.41, 5.74) is 5.61. The molecule has 0 spiro atoms. The van der Waals surface area contributed by atoms with Crippen LogP contribution in [0.1, 0.15) is 19.8 Å². The van der Waals surface area contributed by atoms with Crippen molar-refractivity contribution in [3.05, 3.63) is 29.3 Å². The molecule has 0 aromatic heterocycles. The molecular weight excluding hydrogens is 314 g/mol. The van der Waals surface area contributed by atoms with Crippen LogP contribution in [0.4, 0.5) is 5.69 Å². The maximum Gasteiger partial charge on any atom is 0.306 e. The van der Waals surface area contributed by atoms with Crippen LogP contribution in [0, 0.1) is 0 Å². The lowest BCUT2D eigenvalue weighted by Gasteiger charge is -2.11. The van der Waals surface area contributed by atoms with Gasteiger partial charge >= 0.3 is 5.97 Å². The molecule has 0 heterocycles. The highest BCUT2D eigenvalue weighted by Crippen LogP contribution is 2.14. The quantitative estimate of drug-likeness (QED) is 0.435. The standard InChI is InChI=1S/C13H16ClN3O3S/c1-2-20-12(19)7-6-11(18)16-17-13(21)15-10-5-3-4-9(14)8-10/h3-5,8H,2,6-7H2,1H3,(H,16,18)(H2,15,17,21). The van der Waals surface area contributed by atoms with Crippen LogP contribution in [0.3, 0.4) is 0 Å². The minimum atomic E-state index is -0.410. The van der Waals surface area contributed by atoms with Gasteiger partial charge in [-0.2, -0.15) is 0 Å². The second-order valence-electron chi connectivity index (χ2n) is 3.94. The third kappa shape index (κ3) is 7.48. The Morgan fingerprint density at radius 3 is 2.71 bits per heavy atom. The predicted octanol–water partition coefficient (Wildman–Crippen LogP) is 2.00. The van der Waals surface area contributed by atoms with E-state index in [9.17, 15) is 9.59 Å². The van der Waals surface area contributed by atoms with Crippen molar-refractivity contribution in [1.82, 2.24) is 10.9 Å². The fourth-order valence-electron chi connectivity index (χ4n) is 1.37. The highest BCUT2D eigenvalue weighted by molar-refractivity contribution is 7.80. The third-order valence-corrected chi connectivity index (χ3v) is 2.70. The molecule has 0 aliphatic heterocycles. The number of halogens is 1. The number of carbonyl (C=O) groups excluding carboxylic acids is 2. The summed E-state index contributed by atoms with van der Waals surface area (Å²) in [6, 6.07) is 6.98. The highest BCUT2D eigenvalue weighted by atomic mass is 35.5. The molecule has 3 N–H and O–H groups in total. The topological polar surface area (TPSA) is 79.5 Å². The van der Waals surface area contributed by atoms with Gasteiger partial charge < -0.3 is 10.1 Å². The number of benzene rings is 1. The Morgan fingerprint density at radius 1 is 1.29 bits per heavy atom. The molecule has 21 heavy (non-hydrogen) atoms. The number of hydrazine groups is 1. The van der Waals surface area contributed by atoms with Crippen LogP contribution in [-0.2, 0) is 14.3 Å². The van der Waals surface area contributed by atoms with E-state index in [1.165, 1.54) is 0 Å². The van der Waals surface area contributed by atoms with Gasteiger partial charge in [-0.15, -0.1) is 0 Å². The van der Waals surface area contributed by atoms with Crippen LogP contribution in [0.2, 0.25) is 5.02 Å². The lowest BCUT2D eigenvalue weighted by atomic mass is 10.3. The van der Waals surface area contributed by atoms with Crippen molar-refractivity contribution in [2.45, 2.75) is 19.8 Å². The van der Waals surface area contributed by atoms with Crippen LogP contribution in [0.25, 0.3) is 0 Å². The zero-order valence-corrected chi connectivity index (χ0v) is 13.0. The van der Waals surface area contributed by atoms with E-state index in [0.29, 0.717) is 17.3 Å². The van der Waals surface area contributed by atoms with Crippen molar-refractivity contribution < 1.29 is 14.3 Å². The molecule has 0 aliphatic rings. The van der Waals surface area contributed by atoms with E-state index in [1.54, 1.807) is 31.2 Å². The van der Waals surface area contributed by atoms with Gasteiger partial charge in [-0.1, -0.05) is 17.7 Å². The minimum Gasteiger partial charge on any atom is -0.466 e. The van der Waals surface area contributed by atoms with Gasteiger partial charge in [0.25, 0.3) is 0 Å². The van der Waals surface area contributed by atoms with Gasteiger partial charge in [0.2, 0.25) is 5.91 Å². The molecule has 0 saturated heterocycles. The van der Waals surface area contributed by atoms with Crippen molar-refractivity contribution in [1.29, 1.82) is 0 Å². The number of esters is 1. The van der Waals surface area contributed by atoms with E-state index in [-0.39, 0.29) is 23.9 Å². The fraction of sp³-hybridized carbons (Fsp3) is 0.308. The van der Waals surface area contributed by atoms with Crippen molar-refractivity contribution >= 4 is 46.5 Å². The van der Waals surface area contributed by atoms with Crippen LogP contribution in [0.5, 0.6) is 0 Å². The number of hydrogen-bond donors (Lipinski definition) is 3. The van der Waals surface area contributed by atoms with Gasteiger partial charge in [-0.05, 0) is 37.3 Å². The monoisotopic (exact) mass is 329 g/mol. The van der Waals surface area contributed by atoms with Crippen LogP contribution >= 0.6 is 23.8 Å². The van der Waals surface area contributed by atoms with E-state index in [0.717, 1.165) is 0 Å². The summed E-state index contributed by atoms with van der Waals surface area (Å²) in [7, 11) is 0. The van der Waals surface area contributed by atoms with Gasteiger partial charge in [-0.3, -0.25) is 20.4 Å². The Hall–Kier alpha value is -1.86. The van der Waals surface area contributed by atoms with Crippen molar-refractivity contribution in [2.75, 3.05) is 11.9 Å². The molecule has 6 nitrogen and oxygen atoms in total. The van der Waals surface area contributed by atoms with E-state index in [1.807, 2.05) is 0 Å². The zero-order valence-electron chi connectivity index (χ0n) is 11.4. The summed E-state index contributed by atoms with van der Waals surface area (Å²) in [6.45, 7) is 2.01. The SMILES string of the molecule is CCOC(=O)CCC(=O)NNC(=S)Nc1cccc(Cl)c1. The number of amides is 1. The smallest absolute Gasteiger partial charge is 0.306 e. The predicted molar refractivity (Wildman–Crippen MR) is 84.8 cm³/mol. The molecule has 0 radical (unpaired) electrons. The summed E-state index contributed by atoms with van der Waals surface area (Å²) >= 11 is 10.8. The average molecular weight is 330 g/mol. The Balaban J connectivity index is 2.26. The summed E-state index contributed by atoms with van der Waals surface area (Å²) < 4.78 is 4.72. The second-order valence-corrected chi connectivity index (χ2v) is 4.79. The van der Waals surface area contributed by atoms with Gasteiger partial charge in [0.1, 0.15) is 0 Å². The van der Waals surface area contributed by atoms with Crippen molar-refractivity contribution in [3.63, 3.8) is 0 Å². The van der Waals surface area contributed by atoms with E-state index < -0.39 is 5.97 Å². The Morgan fingerprint density at radius 2 is 2.05 bits per heavy atom. The molecule has 1 aromatic rings. The first-order valence-corrected chi connectivity index (χ1v) is 7.07. The summed E-state index contributed by atoms with van der Waals surface area (Å²) in [5.74, 6) is -0.773. The van der Waals surface area contributed by atoms with Crippen LogP contribution < -0.4 is 16.2 Å². The first-order valence-electron chi connectivity index (χ1n) is 6.28. The molecule has 1 aromatic carbocycles. The average Bonchev–Trinajstić information content (AvgIpc) is 2.43. The molecule has 0 unspecified atom stereocenters. The van der Waals surface area contributed by atoms with E-state index in [2.05, 4.69) is 16.2 Å². The van der Waals surface area contributed by atoms with Crippen molar-refractivity contribution in [2.24, 2.45) is 0 Å². The molecule has 8 heteroatoms. The number of ether oxygens (including phenoxy) is 1. The second kappa shape index (κ2) is 9.15. The van der Waals surface area contributed by atoms with E-state index >= 15 is 0 Å². The summed E-state index contributed by atoms with van der Waals surface area (Å²) in [5, 5.41) is 3.63. The number of carbonyl (C=O) groups is 2. The van der Waals surface area contributed by atoms with Gasteiger partial charge in [0, 0.05) is 17.1 Å². The maximum absolute atomic E-state index is 11.5. The van der Waals surface area contributed by atoms with E-state index in [4.69, 9.17) is 28.6 Å². The first-order chi connectivity index (χ1) is 10.0. The molecule has 0 saturated carbocycles. The number of rotatable bonds is 5. The normalized spacial score (nSPS) is 9.62. The van der Waals surface area contributed by atoms with Crippen molar-refractivity contribution in [3.8, 4) is 0 Å². The molecule has 0 bridgehead atoms. The first kappa shape index (κ1) is 17.2. The Labute approximate surface area is 133 Å². The Bertz CT molecular complexity index is 525. The number of nitrogens with one attached hydrogen (secondary N) is 3. The number of thiocarbonyl (C=S) groups is 1. The van der Waals surface area contributed by atoms with Gasteiger partial charge in [-0.25, -0.2) is 0 Å². The van der Waals surface area contributed by atoms with Crippen LogP contribution in [-0.4, -0.2) is 23.6 Å². The molecule has 0 atom stereocenters. The molecular formula is C13H16ClN3O3S. The number of hydrogen-bond acceptors (Lipinski definition) is 4.